The molecule has 0 radical (unpaired) electrons. The first kappa shape index (κ1) is 18.2. The zero-order valence-corrected chi connectivity index (χ0v) is 14.8. The van der Waals surface area contributed by atoms with E-state index in [4.69, 9.17) is 0 Å². The van der Waals surface area contributed by atoms with Crippen molar-refractivity contribution in [2.75, 3.05) is 39.3 Å². The fourth-order valence-electron chi connectivity index (χ4n) is 3.31. The van der Waals surface area contributed by atoms with Crippen LogP contribution in [0.3, 0.4) is 0 Å². The molecular formula is C18H23FN4O3. The molecule has 2 aliphatic heterocycles. The highest BCUT2D eigenvalue weighted by atomic mass is 19.1. The maximum atomic E-state index is 13.0. The van der Waals surface area contributed by atoms with Gasteiger partial charge in [-0.3, -0.25) is 9.59 Å². The Morgan fingerprint density at radius 2 is 1.69 bits per heavy atom. The number of halogens is 1. The molecule has 2 aliphatic rings. The molecular weight excluding hydrogens is 339 g/mol. The van der Waals surface area contributed by atoms with Crippen LogP contribution in [0.15, 0.2) is 24.3 Å². The number of carbonyl (C=O) groups is 3. The average molecular weight is 362 g/mol. The van der Waals surface area contributed by atoms with Crippen molar-refractivity contribution in [1.82, 2.24) is 20.0 Å². The first-order chi connectivity index (χ1) is 12.5. The van der Waals surface area contributed by atoms with Gasteiger partial charge in [-0.25, -0.2) is 9.18 Å². The molecule has 4 amide bonds. The lowest BCUT2D eigenvalue weighted by molar-refractivity contribution is -0.129. The summed E-state index contributed by atoms with van der Waals surface area (Å²) in [4.78, 5) is 41.9. The summed E-state index contributed by atoms with van der Waals surface area (Å²) in [5, 5.41) is 2.80. The molecule has 1 unspecified atom stereocenters. The van der Waals surface area contributed by atoms with Crippen LogP contribution in [-0.2, 0) is 4.79 Å². The number of likely N-dealkylation sites (N-methyl/N-ethyl adjacent to an activating group) is 1. The van der Waals surface area contributed by atoms with Crippen LogP contribution >= 0.6 is 0 Å². The number of likely N-dealkylation sites (tertiary alicyclic amines) is 1. The molecule has 2 saturated heterocycles. The normalized spacial score (nSPS) is 20.5. The number of rotatable bonds is 3. The summed E-state index contributed by atoms with van der Waals surface area (Å²) in [6.45, 7) is 4.84. The summed E-state index contributed by atoms with van der Waals surface area (Å²) in [6.07, 6.45) is 0.626. The Morgan fingerprint density at radius 3 is 2.27 bits per heavy atom. The first-order valence-electron chi connectivity index (χ1n) is 8.88. The number of piperazine rings is 1. The minimum atomic E-state index is -0.457. The van der Waals surface area contributed by atoms with Crippen LogP contribution in [0.4, 0.5) is 9.18 Å². The highest BCUT2D eigenvalue weighted by Crippen LogP contribution is 2.13. The van der Waals surface area contributed by atoms with Crippen LogP contribution in [-0.4, -0.2) is 77.9 Å². The van der Waals surface area contributed by atoms with Crippen molar-refractivity contribution in [2.24, 2.45) is 0 Å². The fraction of sp³-hybridized carbons (Fsp3) is 0.500. The number of urea groups is 1. The Bertz CT molecular complexity index is 686. The van der Waals surface area contributed by atoms with E-state index in [2.05, 4.69) is 5.32 Å². The predicted octanol–water partition coefficient (Wildman–Crippen LogP) is 0.914. The van der Waals surface area contributed by atoms with Gasteiger partial charge in [-0.15, -0.1) is 0 Å². The minimum absolute atomic E-state index is 0.0361. The van der Waals surface area contributed by atoms with Crippen molar-refractivity contribution in [1.29, 1.82) is 0 Å². The molecule has 0 aliphatic carbocycles. The molecule has 1 aromatic carbocycles. The molecule has 3 rings (SSSR count). The van der Waals surface area contributed by atoms with Gasteiger partial charge >= 0.3 is 6.03 Å². The van der Waals surface area contributed by atoms with E-state index < -0.39 is 6.04 Å². The van der Waals surface area contributed by atoms with Crippen molar-refractivity contribution in [3.05, 3.63) is 35.6 Å². The number of carbonyl (C=O) groups excluding carboxylic acids is 3. The maximum absolute atomic E-state index is 13.0. The molecule has 2 fully saturated rings. The molecule has 1 aromatic rings. The zero-order chi connectivity index (χ0) is 18.7. The lowest BCUT2D eigenvalue weighted by Gasteiger charge is -2.35. The number of benzene rings is 1. The number of hydrogen-bond donors (Lipinski definition) is 1. The maximum Gasteiger partial charge on any atom is 0.318 e. The van der Waals surface area contributed by atoms with Crippen LogP contribution in [0.25, 0.3) is 0 Å². The van der Waals surface area contributed by atoms with Crippen molar-refractivity contribution in [3.63, 3.8) is 0 Å². The molecule has 7 nitrogen and oxygen atoms in total. The highest BCUT2D eigenvalue weighted by molar-refractivity contribution is 5.94. The van der Waals surface area contributed by atoms with Gasteiger partial charge in [0.1, 0.15) is 11.9 Å². The molecule has 0 aromatic heterocycles. The average Bonchev–Trinajstić information content (AvgIpc) is 3.01. The second-order valence-electron chi connectivity index (χ2n) is 6.49. The van der Waals surface area contributed by atoms with Gasteiger partial charge in [0, 0.05) is 44.8 Å². The third-order valence-corrected chi connectivity index (χ3v) is 4.92. The second-order valence-corrected chi connectivity index (χ2v) is 6.49. The van der Waals surface area contributed by atoms with E-state index in [1.165, 1.54) is 24.3 Å². The largest absolute Gasteiger partial charge is 0.341 e. The number of nitrogens with one attached hydrogen (secondary N) is 1. The first-order valence-corrected chi connectivity index (χ1v) is 8.88. The highest BCUT2D eigenvalue weighted by Gasteiger charge is 2.33. The molecule has 1 N–H and O–H groups in total. The molecule has 2 heterocycles. The van der Waals surface area contributed by atoms with Crippen molar-refractivity contribution >= 4 is 17.8 Å². The monoisotopic (exact) mass is 362 g/mol. The lowest BCUT2D eigenvalue weighted by atomic mass is 10.2. The van der Waals surface area contributed by atoms with Gasteiger partial charge in [0.25, 0.3) is 5.91 Å². The number of nitrogens with zero attached hydrogens (tertiary/aromatic N) is 3. The quantitative estimate of drug-likeness (QED) is 0.869. The molecule has 0 spiro atoms. The molecule has 26 heavy (non-hydrogen) atoms. The Kier molecular flexibility index (Phi) is 5.39. The van der Waals surface area contributed by atoms with Gasteiger partial charge in [0.05, 0.1) is 0 Å². The summed E-state index contributed by atoms with van der Waals surface area (Å²) in [7, 11) is 0. The van der Waals surface area contributed by atoms with Gasteiger partial charge in [-0.1, -0.05) is 0 Å². The summed E-state index contributed by atoms with van der Waals surface area (Å²) in [6, 6.07) is 4.71. The van der Waals surface area contributed by atoms with Crippen molar-refractivity contribution < 1.29 is 18.8 Å². The van der Waals surface area contributed by atoms with Crippen LogP contribution in [0, 0.1) is 5.82 Å². The Labute approximate surface area is 151 Å². The van der Waals surface area contributed by atoms with E-state index in [0.29, 0.717) is 51.3 Å². The van der Waals surface area contributed by atoms with Crippen LogP contribution in [0.1, 0.15) is 23.7 Å². The van der Waals surface area contributed by atoms with Crippen LogP contribution in [0.2, 0.25) is 0 Å². The summed E-state index contributed by atoms with van der Waals surface area (Å²) in [5.74, 6) is -0.591. The molecule has 140 valence electrons. The number of hydrogen-bond acceptors (Lipinski definition) is 3. The summed E-state index contributed by atoms with van der Waals surface area (Å²) < 4.78 is 13.0. The molecule has 8 heteroatoms. The van der Waals surface area contributed by atoms with Crippen molar-refractivity contribution in [2.45, 2.75) is 19.4 Å². The topological polar surface area (TPSA) is 73.0 Å². The molecule has 0 saturated carbocycles. The fourth-order valence-corrected chi connectivity index (χ4v) is 3.31. The third-order valence-electron chi connectivity index (χ3n) is 4.92. The minimum Gasteiger partial charge on any atom is -0.341 e. The van der Waals surface area contributed by atoms with Crippen molar-refractivity contribution in [3.8, 4) is 0 Å². The zero-order valence-electron chi connectivity index (χ0n) is 14.8. The Balaban J connectivity index is 1.50. The van der Waals surface area contributed by atoms with E-state index in [1.54, 1.807) is 14.7 Å². The number of amides is 4. The third kappa shape index (κ3) is 3.79. The molecule has 1 atom stereocenters. The van der Waals surface area contributed by atoms with Crippen LogP contribution in [0.5, 0.6) is 0 Å². The van der Waals surface area contributed by atoms with Gasteiger partial charge in [0.15, 0.2) is 0 Å². The lowest BCUT2D eigenvalue weighted by Crippen LogP contribution is -2.55. The standard InChI is InChI=1S/C18H23FN4O3/c1-2-21-8-7-15(17(21)25)20-18(26)23-11-9-22(10-12-23)16(24)13-3-5-14(19)6-4-13/h3-6,15H,2,7-12H2,1H3,(H,20,26). The van der Waals surface area contributed by atoms with Gasteiger partial charge in [0.2, 0.25) is 5.91 Å². The Morgan fingerprint density at radius 1 is 1.08 bits per heavy atom. The van der Waals surface area contributed by atoms with Gasteiger partial charge < -0.3 is 20.0 Å². The molecule has 0 bridgehead atoms. The van der Waals surface area contributed by atoms with Gasteiger partial charge in [-0.2, -0.15) is 0 Å². The van der Waals surface area contributed by atoms with E-state index in [0.717, 1.165) is 0 Å². The van der Waals surface area contributed by atoms with Crippen LogP contribution < -0.4 is 5.32 Å². The van der Waals surface area contributed by atoms with E-state index in [-0.39, 0.29) is 23.7 Å². The van der Waals surface area contributed by atoms with E-state index in [9.17, 15) is 18.8 Å². The van der Waals surface area contributed by atoms with E-state index >= 15 is 0 Å². The van der Waals surface area contributed by atoms with E-state index in [1.807, 2.05) is 6.92 Å². The summed E-state index contributed by atoms with van der Waals surface area (Å²) in [5.41, 5.74) is 0.431. The smallest absolute Gasteiger partial charge is 0.318 e. The predicted molar refractivity (Wildman–Crippen MR) is 93.1 cm³/mol. The van der Waals surface area contributed by atoms with Gasteiger partial charge in [-0.05, 0) is 37.6 Å². The second kappa shape index (κ2) is 7.72. The SMILES string of the molecule is CCN1CCC(NC(=O)N2CCN(C(=O)c3ccc(F)cc3)CC2)C1=O. The Hall–Kier alpha value is -2.64. The summed E-state index contributed by atoms with van der Waals surface area (Å²) >= 11 is 0.